The summed E-state index contributed by atoms with van der Waals surface area (Å²) in [5, 5.41) is 3.47. The molecule has 2 aromatic heterocycles. The molecular formula is C30H27BN2O2. The fraction of sp³-hybridized carbons (Fsp3) is 0.200. The van der Waals surface area contributed by atoms with Crippen molar-refractivity contribution in [2.24, 2.45) is 0 Å². The predicted octanol–water partition coefficient (Wildman–Crippen LogP) is 6.42. The fourth-order valence-electron chi connectivity index (χ4n) is 4.77. The molecule has 172 valence electrons. The molecule has 0 unspecified atom stereocenters. The van der Waals surface area contributed by atoms with Crippen molar-refractivity contribution in [3.05, 3.63) is 91.3 Å². The number of nitrogens with zero attached hydrogens (tertiary/aromatic N) is 2. The van der Waals surface area contributed by atoms with Crippen LogP contribution in [0.5, 0.6) is 0 Å². The highest BCUT2D eigenvalue weighted by Crippen LogP contribution is 2.39. The van der Waals surface area contributed by atoms with Crippen LogP contribution in [0.4, 0.5) is 0 Å². The van der Waals surface area contributed by atoms with Crippen LogP contribution in [0.3, 0.4) is 0 Å². The molecule has 0 atom stereocenters. The van der Waals surface area contributed by atoms with Crippen LogP contribution in [-0.2, 0) is 9.31 Å². The summed E-state index contributed by atoms with van der Waals surface area (Å²) in [6, 6.07) is 27.4. The number of aromatic nitrogens is 2. The van der Waals surface area contributed by atoms with E-state index in [0.717, 1.165) is 38.6 Å². The Labute approximate surface area is 206 Å². The molecule has 3 aromatic carbocycles. The smallest absolute Gasteiger partial charge is 0.399 e. The van der Waals surface area contributed by atoms with Gasteiger partial charge in [0.05, 0.1) is 22.4 Å². The van der Waals surface area contributed by atoms with Crippen molar-refractivity contribution < 1.29 is 9.31 Å². The van der Waals surface area contributed by atoms with E-state index in [-0.39, 0.29) is 18.3 Å². The number of fused-ring (bicyclic) bond motifs is 3. The molecule has 1 aliphatic heterocycles. The Morgan fingerprint density at radius 3 is 2.03 bits per heavy atom. The molecule has 0 radical (unpaired) electrons. The van der Waals surface area contributed by atoms with Gasteiger partial charge in [0.2, 0.25) is 0 Å². The van der Waals surface area contributed by atoms with Gasteiger partial charge in [-0.15, -0.1) is 0 Å². The van der Waals surface area contributed by atoms with Gasteiger partial charge in [-0.1, -0.05) is 60.7 Å². The van der Waals surface area contributed by atoms with Gasteiger partial charge in [0, 0.05) is 34.1 Å². The Bertz CT molecular complexity index is 1530. The van der Waals surface area contributed by atoms with E-state index in [4.69, 9.17) is 14.3 Å². The van der Waals surface area contributed by atoms with E-state index in [1.165, 1.54) is 10.9 Å². The number of benzene rings is 3. The minimum absolute atomic E-state index is 0.360. The Morgan fingerprint density at radius 1 is 0.657 bits per heavy atom. The first-order valence-corrected chi connectivity index (χ1v) is 12.0. The molecule has 1 fully saturated rings. The maximum Gasteiger partial charge on any atom is 0.494 e. The van der Waals surface area contributed by atoms with Crippen molar-refractivity contribution in [1.29, 1.82) is 0 Å². The van der Waals surface area contributed by atoms with Crippen molar-refractivity contribution in [3.8, 4) is 22.4 Å². The number of hydrogen-bond donors (Lipinski definition) is 0. The zero-order chi connectivity index (χ0) is 24.2. The van der Waals surface area contributed by atoms with Gasteiger partial charge in [0.15, 0.2) is 0 Å². The van der Waals surface area contributed by atoms with Crippen LogP contribution in [0.25, 0.3) is 44.1 Å². The highest BCUT2D eigenvalue weighted by Gasteiger charge is 2.51. The Kier molecular flexibility index (Phi) is 5.03. The van der Waals surface area contributed by atoms with Crippen LogP contribution in [0.15, 0.2) is 91.3 Å². The van der Waals surface area contributed by atoms with Crippen LogP contribution in [-0.4, -0.2) is 28.3 Å². The highest BCUT2D eigenvalue weighted by atomic mass is 16.7. The van der Waals surface area contributed by atoms with Gasteiger partial charge in [-0.2, -0.15) is 0 Å². The van der Waals surface area contributed by atoms with E-state index in [2.05, 4.69) is 93.3 Å². The van der Waals surface area contributed by atoms with Crippen molar-refractivity contribution in [2.75, 3.05) is 0 Å². The minimum Gasteiger partial charge on any atom is -0.399 e. The quantitative estimate of drug-likeness (QED) is 0.231. The zero-order valence-electron chi connectivity index (χ0n) is 20.4. The van der Waals surface area contributed by atoms with Gasteiger partial charge in [-0.3, -0.25) is 4.98 Å². The largest absolute Gasteiger partial charge is 0.494 e. The Balaban J connectivity index is 1.50. The molecule has 4 nitrogen and oxygen atoms in total. The summed E-state index contributed by atoms with van der Waals surface area (Å²) in [5.41, 5.74) is 5.64. The third-order valence-corrected chi connectivity index (χ3v) is 7.43. The number of pyridine rings is 2. The number of hydrogen-bond acceptors (Lipinski definition) is 4. The lowest BCUT2D eigenvalue weighted by molar-refractivity contribution is 0.00578. The predicted molar refractivity (Wildman–Crippen MR) is 144 cm³/mol. The van der Waals surface area contributed by atoms with Crippen molar-refractivity contribution in [2.45, 2.75) is 38.9 Å². The molecular weight excluding hydrogens is 431 g/mol. The first kappa shape index (κ1) is 22.0. The van der Waals surface area contributed by atoms with Crippen LogP contribution >= 0.6 is 0 Å². The van der Waals surface area contributed by atoms with E-state index in [1.807, 2.05) is 30.6 Å². The normalized spacial score (nSPS) is 16.7. The van der Waals surface area contributed by atoms with E-state index in [1.54, 1.807) is 0 Å². The fourth-order valence-corrected chi connectivity index (χ4v) is 4.77. The highest BCUT2D eigenvalue weighted by molar-refractivity contribution is 6.62. The summed E-state index contributed by atoms with van der Waals surface area (Å²) in [6.07, 6.45) is 3.63. The second kappa shape index (κ2) is 8.01. The molecule has 0 spiro atoms. The maximum absolute atomic E-state index is 6.25. The molecule has 35 heavy (non-hydrogen) atoms. The second-order valence-corrected chi connectivity index (χ2v) is 10.2. The molecule has 5 aromatic rings. The molecule has 5 heteroatoms. The molecule has 0 saturated carbocycles. The Hall–Kier alpha value is -3.54. The first-order chi connectivity index (χ1) is 16.8. The average molecular weight is 458 g/mol. The number of rotatable bonds is 3. The second-order valence-electron chi connectivity index (χ2n) is 10.2. The van der Waals surface area contributed by atoms with Gasteiger partial charge in [-0.05, 0) is 62.5 Å². The van der Waals surface area contributed by atoms with Gasteiger partial charge < -0.3 is 9.31 Å². The zero-order valence-corrected chi connectivity index (χ0v) is 20.4. The van der Waals surface area contributed by atoms with E-state index in [0.29, 0.717) is 0 Å². The first-order valence-electron chi connectivity index (χ1n) is 12.0. The van der Waals surface area contributed by atoms with Gasteiger partial charge in [0.25, 0.3) is 0 Å². The topological polar surface area (TPSA) is 44.2 Å². The summed E-state index contributed by atoms with van der Waals surface area (Å²) in [6.45, 7) is 8.32. The van der Waals surface area contributed by atoms with Crippen molar-refractivity contribution in [3.63, 3.8) is 0 Å². The summed E-state index contributed by atoms with van der Waals surface area (Å²) in [5.74, 6) is 0. The monoisotopic (exact) mass is 458 g/mol. The van der Waals surface area contributed by atoms with Gasteiger partial charge in [0.1, 0.15) is 0 Å². The van der Waals surface area contributed by atoms with Crippen LogP contribution < -0.4 is 5.46 Å². The lowest BCUT2D eigenvalue weighted by Crippen LogP contribution is -2.41. The number of para-hydroxylation sites is 1. The lowest BCUT2D eigenvalue weighted by atomic mass is 9.78. The van der Waals surface area contributed by atoms with Gasteiger partial charge in [-0.25, -0.2) is 4.98 Å². The molecule has 0 N–H and O–H groups in total. The molecule has 0 bridgehead atoms. The third kappa shape index (κ3) is 3.63. The van der Waals surface area contributed by atoms with E-state index < -0.39 is 0 Å². The van der Waals surface area contributed by atoms with Gasteiger partial charge >= 0.3 is 7.12 Å². The van der Waals surface area contributed by atoms with Crippen LogP contribution in [0, 0.1) is 0 Å². The standard InChI is InChI=1S/C30H27BN2O2/c1-29(2)30(3,4)35-31(34-29)22-14-12-20(13-15-22)23-9-7-10-25-27(23)24-8-5-6-11-26(24)33-28(25)21-16-18-32-19-17-21/h5-19H,1-4H3. The van der Waals surface area contributed by atoms with Crippen molar-refractivity contribution >= 4 is 34.3 Å². The summed E-state index contributed by atoms with van der Waals surface area (Å²) in [7, 11) is -0.370. The maximum atomic E-state index is 6.25. The SMILES string of the molecule is CC1(C)OB(c2ccc(-c3cccc4c(-c5ccncc5)nc5ccccc5c34)cc2)OC1(C)C. The van der Waals surface area contributed by atoms with E-state index >= 15 is 0 Å². The molecule has 1 aliphatic rings. The van der Waals surface area contributed by atoms with E-state index in [9.17, 15) is 0 Å². The Morgan fingerprint density at radius 2 is 1.31 bits per heavy atom. The minimum atomic E-state index is -0.370. The third-order valence-electron chi connectivity index (χ3n) is 7.43. The molecule has 0 amide bonds. The van der Waals surface area contributed by atoms with Crippen LogP contribution in [0.2, 0.25) is 0 Å². The lowest BCUT2D eigenvalue weighted by Gasteiger charge is -2.32. The summed E-state index contributed by atoms with van der Waals surface area (Å²) in [4.78, 5) is 9.23. The molecule has 3 heterocycles. The molecule has 6 rings (SSSR count). The summed E-state index contributed by atoms with van der Waals surface area (Å²) < 4.78 is 12.5. The molecule has 0 aliphatic carbocycles. The molecule has 1 saturated heterocycles. The van der Waals surface area contributed by atoms with Crippen molar-refractivity contribution in [1.82, 2.24) is 9.97 Å². The summed E-state index contributed by atoms with van der Waals surface area (Å²) >= 11 is 0. The average Bonchev–Trinajstić information content (AvgIpc) is 3.10. The van der Waals surface area contributed by atoms with Crippen LogP contribution in [0.1, 0.15) is 27.7 Å².